The second kappa shape index (κ2) is 8.03. The molecule has 1 aromatic carbocycles. The summed E-state index contributed by atoms with van der Waals surface area (Å²) in [5.41, 5.74) is 4.81. The lowest BCUT2D eigenvalue weighted by Gasteiger charge is -2.13. The number of methoxy groups -OCH3 is 1. The zero-order chi connectivity index (χ0) is 20.3. The first-order valence-electron chi connectivity index (χ1n) is 8.76. The molecule has 3 aromatic rings. The molecule has 2 heterocycles. The van der Waals surface area contributed by atoms with Crippen LogP contribution in [0.15, 0.2) is 29.4 Å². The maximum absolute atomic E-state index is 12.3. The molecule has 1 N–H and O–H groups in total. The Kier molecular flexibility index (Phi) is 5.53. The van der Waals surface area contributed by atoms with Crippen LogP contribution in [0.2, 0.25) is 0 Å². The molecule has 9 nitrogen and oxygen atoms in total. The molecule has 0 radical (unpaired) electrons. The summed E-state index contributed by atoms with van der Waals surface area (Å²) >= 11 is 0. The summed E-state index contributed by atoms with van der Waals surface area (Å²) in [6, 6.07) is 7.24. The Morgan fingerprint density at radius 1 is 1.21 bits per heavy atom. The van der Waals surface area contributed by atoms with E-state index in [1.807, 2.05) is 39.8 Å². The van der Waals surface area contributed by atoms with Gasteiger partial charge in [-0.3, -0.25) is 4.79 Å². The van der Waals surface area contributed by atoms with Crippen molar-refractivity contribution in [2.45, 2.75) is 33.8 Å². The van der Waals surface area contributed by atoms with Gasteiger partial charge in [-0.1, -0.05) is 0 Å². The minimum Gasteiger partial charge on any atom is -0.493 e. The maximum Gasteiger partial charge on any atom is 0.311 e. The van der Waals surface area contributed by atoms with Crippen molar-refractivity contribution in [3.63, 3.8) is 0 Å². The monoisotopic (exact) mass is 382 g/mol. The van der Waals surface area contributed by atoms with Gasteiger partial charge in [-0.05, 0) is 57.5 Å². The highest BCUT2D eigenvalue weighted by molar-refractivity contribution is 5.91. The SMILES string of the molecule is COc1cc(/C=N\NC(=O)c2nc3nc(C)cc(C)n3n2)ccc1OC(C)C. The Morgan fingerprint density at radius 3 is 2.71 bits per heavy atom. The minimum absolute atomic E-state index is 0.00314. The predicted molar refractivity (Wildman–Crippen MR) is 104 cm³/mol. The van der Waals surface area contributed by atoms with Crippen molar-refractivity contribution in [3.05, 3.63) is 47.0 Å². The number of benzene rings is 1. The quantitative estimate of drug-likeness (QED) is 0.518. The number of fused-ring (bicyclic) bond motifs is 1. The second-order valence-corrected chi connectivity index (χ2v) is 6.46. The fraction of sp³-hybridized carbons (Fsp3) is 0.316. The number of nitrogens with zero attached hydrogens (tertiary/aromatic N) is 5. The standard InChI is InChI=1S/C19H22N6O3/c1-11(2)28-15-7-6-14(9-16(15)27-5)10-20-23-18(26)17-22-19-21-12(3)8-13(4)25(19)24-17/h6-11H,1-5H3,(H,23,26)/b20-10-. The highest BCUT2D eigenvalue weighted by Crippen LogP contribution is 2.28. The number of amides is 1. The summed E-state index contributed by atoms with van der Waals surface area (Å²) in [7, 11) is 1.57. The van der Waals surface area contributed by atoms with E-state index in [1.54, 1.807) is 19.2 Å². The van der Waals surface area contributed by atoms with E-state index in [1.165, 1.54) is 10.7 Å². The number of hydrogen-bond acceptors (Lipinski definition) is 7. The van der Waals surface area contributed by atoms with Crippen LogP contribution in [-0.2, 0) is 0 Å². The Labute approximate surface area is 162 Å². The fourth-order valence-corrected chi connectivity index (χ4v) is 2.59. The van der Waals surface area contributed by atoms with E-state index < -0.39 is 5.91 Å². The van der Waals surface area contributed by atoms with Crippen molar-refractivity contribution in [1.82, 2.24) is 25.0 Å². The highest BCUT2D eigenvalue weighted by Gasteiger charge is 2.14. The van der Waals surface area contributed by atoms with E-state index in [0.29, 0.717) is 17.3 Å². The number of aryl methyl sites for hydroxylation is 2. The molecule has 2 aromatic heterocycles. The first-order chi connectivity index (χ1) is 13.4. The van der Waals surface area contributed by atoms with Crippen LogP contribution in [-0.4, -0.2) is 44.9 Å². The molecule has 3 rings (SSSR count). The van der Waals surface area contributed by atoms with Crippen LogP contribution < -0.4 is 14.9 Å². The van der Waals surface area contributed by atoms with E-state index in [4.69, 9.17) is 9.47 Å². The van der Waals surface area contributed by atoms with Crippen LogP contribution in [0.25, 0.3) is 5.78 Å². The minimum atomic E-state index is -0.523. The van der Waals surface area contributed by atoms with Gasteiger partial charge in [0.05, 0.1) is 19.4 Å². The first-order valence-corrected chi connectivity index (χ1v) is 8.76. The van der Waals surface area contributed by atoms with Crippen LogP contribution in [0.4, 0.5) is 0 Å². The number of hydrazone groups is 1. The molecule has 0 aliphatic heterocycles. The zero-order valence-corrected chi connectivity index (χ0v) is 16.4. The lowest BCUT2D eigenvalue weighted by Crippen LogP contribution is -2.19. The number of hydrogen-bond donors (Lipinski definition) is 1. The molecule has 0 aliphatic carbocycles. The molecule has 0 saturated heterocycles. The number of rotatable bonds is 6. The van der Waals surface area contributed by atoms with Gasteiger partial charge < -0.3 is 9.47 Å². The maximum atomic E-state index is 12.3. The van der Waals surface area contributed by atoms with E-state index in [0.717, 1.165) is 17.0 Å². The number of carbonyl (C=O) groups is 1. The van der Waals surface area contributed by atoms with Gasteiger partial charge in [-0.25, -0.2) is 14.9 Å². The molecule has 1 amide bonds. The second-order valence-electron chi connectivity index (χ2n) is 6.46. The van der Waals surface area contributed by atoms with Crippen LogP contribution in [0.3, 0.4) is 0 Å². The van der Waals surface area contributed by atoms with E-state index in [-0.39, 0.29) is 11.9 Å². The lowest BCUT2D eigenvalue weighted by atomic mass is 10.2. The summed E-state index contributed by atoms with van der Waals surface area (Å²) in [5, 5.41) is 8.13. The number of nitrogens with one attached hydrogen (secondary N) is 1. The van der Waals surface area contributed by atoms with Gasteiger partial charge in [0.25, 0.3) is 5.78 Å². The van der Waals surface area contributed by atoms with Crippen molar-refractivity contribution >= 4 is 17.9 Å². The summed E-state index contributed by atoms with van der Waals surface area (Å²) < 4.78 is 12.5. The molecule has 0 spiro atoms. The molecule has 146 valence electrons. The molecular formula is C19H22N6O3. The predicted octanol–water partition coefficient (Wildman–Crippen LogP) is 2.30. The summed E-state index contributed by atoms with van der Waals surface area (Å²) in [6.45, 7) is 7.61. The zero-order valence-electron chi connectivity index (χ0n) is 16.4. The van der Waals surface area contributed by atoms with Gasteiger partial charge in [0, 0.05) is 11.4 Å². The molecule has 0 unspecified atom stereocenters. The molecule has 0 fully saturated rings. The van der Waals surface area contributed by atoms with E-state index in [9.17, 15) is 4.79 Å². The molecule has 0 aliphatic rings. The highest BCUT2D eigenvalue weighted by atomic mass is 16.5. The summed E-state index contributed by atoms with van der Waals surface area (Å²) in [5.74, 6) is 1.08. The topological polar surface area (TPSA) is 103 Å². The smallest absolute Gasteiger partial charge is 0.311 e. The molecular weight excluding hydrogens is 360 g/mol. The lowest BCUT2D eigenvalue weighted by molar-refractivity contribution is 0.0945. The van der Waals surface area contributed by atoms with Gasteiger partial charge in [0.15, 0.2) is 11.5 Å². The fourth-order valence-electron chi connectivity index (χ4n) is 2.59. The van der Waals surface area contributed by atoms with Crippen molar-refractivity contribution in [2.75, 3.05) is 7.11 Å². The molecule has 0 bridgehead atoms. The summed E-state index contributed by atoms with van der Waals surface area (Å²) in [6.07, 6.45) is 1.54. The van der Waals surface area contributed by atoms with Gasteiger partial charge in [-0.2, -0.15) is 10.1 Å². The third-order valence-electron chi connectivity index (χ3n) is 3.75. The largest absolute Gasteiger partial charge is 0.493 e. The van der Waals surface area contributed by atoms with Crippen molar-refractivity contribution in [3.8, 4) is 11.5 Å². The number of carbonyl (C=O) groups excluding carboxylic acids is 1. The third-order valence-corrected chi connectivity index (χ3v) is 3.75. The average Bonchev–Trinajstić information content (AvgIpc) is 3.06. The number of ether oxygens (including phenoxy) is 2. The van der Waals surface area contributed by atoms with Crippen molar-refractivity contribution in [2.24, 2.45) is 5.10 Å². The van der Waals surface area contributed by atoms with Gasteiger partial charge in [0.2, 0.25) is 5.82 Å². The van der Waals surface area contributed by atoms with Crippen LogP contribution in [0.1, 0.15) is 41.4 Å². The van der Waals surface area contributed by atoms with Gasteiger partial charge >= 0.3 is 5.91 Å². The van der Waals surface area contributed by atoms with Crippen LogP contribution >= 0.6 is 0 Å². The molecule has 0 atom stereocenters. The molecule has 9 heteroatoms. The van der Waals surface area contributed by atoms with E-state index >= 15 is 0 Å². The van der Waals surface area contributed by atoms with Crippen molar-refractivity contribution in [1.29, 1.82) is 0 Å². The Balaban J connectivity index is 1.72. The van der Waals surface area contributed by atoms with Crippen LogP contribution in [0, 0.1) is 13.8 Å². The Morgan fingerprint density at radius 2 is 2.00 bits per heavy atom. The number of aromatic nitrogens is 4. The average molecular weight is 382 g/mol. The van der Waals surface area contributed by atoms with Gasteiger partial charge in [-0.15, -0.1) is 5.10 Å². The Hall–Kier alpha value is -3.49. The normalized spacial score (nSPS) is 11.4. The molecule has 0 saturated carbocycles. The van der Waals surface area contributed by atoms with Crippen molar-refractivity contribution < 1.29 is 14.3 Å². The van der Waals surface area contributed by atoms with Gasteiger partial charge in [0.1, 0.15) is 0 Å². The molecule has 28 heavy (non-hydrogen) atoms. The third kappa shape index (κ3) is 4.25. The first kappa shape index (κ1) is 19.3. The van der Waals surface area contributed by atoms with E-state index in [2.05, 4.69) is 25.6 Å². The Bertz CT molecular complexity index is 1040. The summed E-state index contributed by atoms with van der Waals surface area (Å²) in [4.78, 5) is 20.7. The van der Waals surface area contributed by atoms with Crippen LogP contribution in [0.5, 0.6) is 11.5 Å².